The summed E-state index contributed by atoms with van der Waals surface area (Å²) in [6.45, 7) is 1.62. The van der Waals surface area contributed by atoms with Crippen LogP contribution in [0.5, 0.6) is 0 Å². The number of nitrogens with one attached hydrogen (secondary N) is 1. The molecule has 6 nitrogen and oxygen atoms in total. The van der Waals surface area contributed by atoms with Gasteiger partial charge in [0.1, 0.15) is 17.1 Å². The summed E-state index contributed by atoms with van der Waals surface area (Å²) in [5.41, 5.74) is 1.24. The molecule has 0 aliphatic rings. The van der Waals surface area contributed by atoms with E-state index >= 15 is 0 Å². The SMILES string of the molecule is C/C(=N\O)c1csc(NC(=O)c2ccccn2)n1. The van der Waals surface area contributed by atoms with Gasteiger partial charge in [0, 0.05) is 11.6 Å². The van der Waals surface area contributed by atoms with E-state index in [9.17, 15) is 4.79 Å². The van der Waals surface area contributed by atoms with Crippen LogP contribution in [-0.2, 0) is 0 Å². The normalized spacial score (nSPS) is 11.3. The van der Waals surface area contributed by atoms with Gasteiger partial charge >= 0.3 is 0 Å². The van der Waals surface area contributed by atoms with Crippen molar-refractivity contribution in [3.05, 3.63) is 41.2 Å². The maximum Gasteiger partial charge on any atom is 0.276 e. The number of anilines is 1. The van der Waals surface area contributed by atoms with Gasteiger partial charge in [0.05, 0.1) is 0 Å². The zero-order valence-corrected chi connectivity index (χ0v) is 10.3. The minimum absolute atomic E-state index is 0.321. The Morgan fingerprint density at radius 1 is 1.44 bits per heavy atom. The van der Waals surface area contributed by atoms with Crippen molar-refractivity contribution in [1.29, 1.82) is 0 Å². The number of pyridine rings is 1. The molecule has 2 rings (SSSR count). The first-order chi connectivity index (χ1) is 8.70. The molecule has 0 aromatic carbocycles. The molecule has 2 aromatic rings. The van der Waals surface area contributed by atoms with Gasteiger partial charge in [-0.05, 0) is 19.1 Å². The van der Waals surface area contributed by atoms with Crippen LogP contribution in [0, 0.1) is 0 Å². The van der Waals surface area contributed by atoms with Crippen molar-refractivity contribution in [1.82, 2.24) is 9.97 Å². The molecule has 0 fully saturated rings. The summed E-state index contributed by atoms with van der Waals surface area (Å²) in [6.07, 6.45) is 1.55. The van der Waals surface area contributed by atoms with Crippen LogP contribution in [0.15, 0.2) is 34.9 Å². The second kappa shape index (κ2) is 5.37. The first-order valence-electron chi connectivity index (χ1n) is 5.07. The van der Waals surface area contributed by atoms with E-state index in [-0.39, 0.29) is 5.91 Å². The fourth-order valence-corrected chi connectivity index (χ4v) is 1.96. The lowest BCUT2D eigenvalue weighted by atomic mass is 10.3. The number of oxime groups is 1. The number of hydrogen-bond donors (Lipinski definition) is 2. The largest absolute Gasteiger partial charge is 0.411 e. The topological polar surface area (TPSA) is 87.5 Å². The van der Waals surface area contributed by atoms with Gasteiger partial charge in [-0.1, -0.05) is 11.2 Å². The second-order valence-corrected chi connectivity index (χ2v) is 4.25. The van der Waals surface area contributed by atoms with Crippen molar-refractivity contribution in [3.8, 4) is 0 Å². The van der Waals surface area contributed by atoms with Crippen molar-refractivity contribution >= 4 is 28.1 Å². The van der Waals surface area contributed by atoms with Crippen LogP contribution in [0.4, 0.5) is 5.13 Å². The van der Waals surface area contributed by atoms with Crippen LogP contribution in [0.2, 0.25) is 0 Å². The Morgan fingerprint density at radius 2 is 2.28 bits per heavy atom. The lowest BCUT2D eigenvalue weighted by Gasteiger charge is -1.99. The summed E-state index contributed by atoms with van der Waals surface area (Å²) < 4.78 is 0. The smallest absolute Gasteiger partial charge is 0.276 e. The highest BCUT2D eigenvalue weighted by molar-refractivity contribution is 7.14. The van der Waals surface area contributed by atoms with Crippen LogP contribution in [0.25, 0.3) is 0 Å². The zero-order valence-electron chi connectivity index (χ0n) is 9.49. The average molecular weight is 262 g/mol. The fourth-order valence-electron chi connectivity index (χ4n) is 1.21. The van der Waals surface area contributed by atoms with Gasteiger partial charge in [-0.2, -0.15) is 0 Å². The van der Waals surface area contributed by atoms with Crippen molar-refractivity contribution in [2.24, 2.45) is 5.16 Å². The molecule has 7 heteroatoms. The fraction of sp³-hybridized carbons (Fsp3) is 0.0909. The molecule has 92 valence electrons. The Labute approximate surface area is 107 Å². The highest BCUT2D eigenvalue weighted by Gasteiger charge is 2.10. The molecule has 0 aliphatic carbocycles. The van der Waals surface area contributed by atoms with E-state index in [4.69, 9.17) is 5.21 Å². The molecule has 0 atom stereocenters. The van der Waals surface area contributed by atoms with Gasteiger partial charge in [0.25, 0.3) is 5.91 Å². The molecule has 2 heterocycles. The first kappa shape index (κ1) is 12.2. The zero-order chi connectivity index (χ0) is 13.0. The second-order valence-electron chi connectivity index (χ2n) is 3.39. The molecule has 0 aliphatic heterocycles. The highest BCUT2D eigenvalue weighted by Crippen LogP contribution is 2.16. The predicted octanol–water partition coefficient (Wildman–Crippen LogP) is 1.99. The maximum absolute atomic E-state index is 11.8. The lowest BCUT2D eigenvalue weighted by molar-refractivity contribution is 0.102. The van der Waals surface area contributed by atoms with E-state index in [1.165, 1.54) is 11.3 Å². The van der Waals surface area contributed by atoms with E-state index < -0.39 is 0 Å². The van der Waals surface area contributed by atoms with Gasteiger partial charge in [0.15, 0.2) is 5.13 Å². The number of rotatable bonds is 3. The van der Waals surface area contributed by atoms with Gasteiger partial charge in [-0.15, -0.1) is 11.3 Å². The molecular weight excluding hydrogens is 252 g/mol. The molecule has 0 spiro atoms. The summed E-state index contributed by atoms with van der Waals surface area (Å²) in [7, 11) is 0. The Kier molecular flexibility index (Phi) is 3.63. The summed E-state index contributed by atoms with van der Waals surface area (Å²) in [5.74, 6) is -0.324. The lowest BCUT2D eigenvalue weighted by Crippen LogP contribution is -2.13. The van der Waals surface area contributed by atoms with E-state index in [0.29, 0.717) is 22.2 Å². The Morgan fingerprint density at radius 3 is 2.94 bits per heavy atom. The van der Waals surface area contributed by atoms with Crippen LogP contribution < -0.4 is 5.32 Å². The van der Waals surface area contributed by atoms with Gasteiger partial charge in [-0.25, -0.2) is 4.98 Å². The third-order valence-electron chi connectivity index (χ3n) is 2.14. The number of nitrogens with zero attached hydrogens (tertiary/aromatic N) is 3. The van der Waals surface area contributed by atoms with Crippen molar-refractivity contribution in [2.45, 2.75) is 6.92 Å². The molecule has 1 amide bonds. The first-order valence-corrected chi connectivity index (χ1v) is 5.95. The van der Waals surface area contributed by atoms with Crippen LogP contribution >= 0.6 is 11.3 Å². The quantitative estimate of drug-likeness (QED) is 0.503. The summed E-state index contributed by atoms with van der Waals surface area (Å²) in [6, 6.07) is 5.08. The number of aromatic nitrogens is 2. The van der Waals surface area contributed by atoms with Gasteiger partial charge in [-0.3, -0.25) is 15.1 Å². The Bertz CT molecular complexity index is 580. The molecule has 2 aromatic heterocycles. The Balaban J connectivity index is 2.11. The molecule has 2 N–H and O–H groups in total. The third kappa shape index (κ3) is 2.69. The highest BCUT2D eigenvalue weighted by atomic mass is 32.1. The van der Waals surface area contributed by atoms with Gasteiger partial charge in [0.2, 0.25) is 0 Å². The van der Waals surface area contributed by atoms with Crippen molar-refractivity contribution in [3.63, 3.8) is 0 Å². The monoisotopic (exact) mass is 262 g/mol. The average Bonchev–Trinajstić information content (AvgIpc) is 2.87. The molecular formula is C11H10N4O2S. The van der Waals surface area contributed by atoms with E-state index in [2.05, 4.69) is 20.4 Å². The van der Waals surface area contributed by atoms with E-state index in [1.54, 1.807) is 36.7 Å². The molecule has 18 heavy (non-hydrogen) atoms. The van der Waals surface area contributed by atoms with E-state index in [1.807, 2.05) is 0 Å². The number of carbonyl (C=O) groups excluding carboxylic acids is 1. The van der Waals surface area contributed by atoms with Crippen LogP contribution in [-0.4, -0.2) is 26.8 Å². The summed E-state index contributed by atoms with van der Waals surface area (Å²) in [5, 5.41) is 16.4. The van der Waals surface area contributed by atoms with E-state index in [0.717, 1.165) is 0 Å². The maximum atomic E-state index is 11.8. The molecule has 0 radical (unpaired) electrons. The van der Waals surface area contributed by atoms with Crippen molar-refractivity contribution in [2.75, 3.05) is 5.32 Å². The molecule has 0 bridgehead atoms. The third-order valence-corrected chi connectivity index (χ3v) is 2.90. The molecule has 0 saturated heterocycles. The standard InChI is InChI=1S/C11H10N4O2S/c1-7(15-17)9-6-18-11(13-9)14-10(16)8-4-2-3-5-12-8/h2-6,17H,1H3,(H,13,14,16)/b15-7+. The molecule has 0 unspecified atom stereocenters. The van der Waals surface area contributed by atoms with Crippen LogP contribution in [0.3, 0.4) is 0 Å². The molecule has 0 saturated carbocycles. The Hall–Kier alpha value is -2.28. The van der Waals surface area contributed by atoms with Gasteiger partial charge < -0.3 is 5.21 Å². The summed E-state index contributed by atoms with van der Waals surface area (Å²) >= 11 is 1.25. The minimum atomic E-state index is -0.324. The number of hydrogen-bond acceptors (Lipinski definition) is 6. The minimum Gasteiger partial charge on any atom is -0.411 e. The van der Waals surface area contributed by atoms with Crippen LogP contribution in [0.1, 0.15) is 23.1 Å². The number of carbonyl (C=O) groups is 1. The number of thiazole rings is 1. The summed E-state index contributed by atoms with van der Waals surface area (Å²) in [4.78, 5) is 19.8. The number of amides is 1. The van der Waals surface area contributed by atoms with Crippen molar-refractivity contribution < 1.29 is 10.0 Å². The predicted molar refractivity (Wildman–Crippen MR) is 68.3 cm³/mol.